The van der Waals surface area contributed by atoms with Gasteiger partial charge < -0.3 is 5.73 Å². The van der Waals surface area contributed by atoms with Gasteiger partial charge in [0.05, 0.1) is 5.69 Å². The average molecular weight is 217 g/mol. The number of nitrogens with two attached hydrogens (primary N) is 1. The molecule has 0 atom stereocenters. The number of hydrogen-bond acceptors (Lipinski definition) is 1. The van der Waals surface area contributed by atoms with E-state index < -0.39 is 0 Å². The molecule has 0 fully saturated rings. The molecule has 0 saturated heterocycles. The Hall–Kier alpha value is -1.05. The molecule has 1 aromatic heterocycles. The maximum absolute atomic E-state index is 6.37. The Morgan fingerprint density at radius 2 is 1.50 bits per heavy atom. The van der Waals surface area contributed by atoms with Crippen molar-refractivity contribution in [2.24, 2.45) is 0 Å². The fourth-order valence-electron chi connectivity index (χ4n) is 3.52. The Morgan fingerprint density at radius 1 is 0.938 bits per heavy atom. The van der Waals surface area contributed by atoms with Crippen molar-refractivity contribution in [2.45, 2.75) is 58.4 Å². The lowest BCUT2D eigenvalue weighted by atomic mass is 9.91. The zero-order valence-corrected chi connectivity index (χ0v) is 10.2. The minimum absolute atomic E-state index is 1.12. The van der Waals surface area contributed by atoms with Gasteiger partial charge in [-0.25, -0.2) is 0 Å². The average Bonchev–Trinajstić information content (AvgIpc) is 2.79. The number of nitrogens with zero attached hydrogens (tertiary/aromatic N) is 1. The van der Waals surface area contributed by atoms with E-state index in [0.29, 0.717) is 0 Å². The minimum Gasteiger partial charge on any atom is -0.398 e. The Labute approximate surface area is 97.5 Å². The molecule has 0 amide bonds. The van der Waals surface area contributed by atoms with Crippen molar-refractivity contribution in [2.75, 3.05) is 5.73 Å². The van der Waals surface area contributed by atoms with Crippen LogP contribution in [0, 0.1) is 0 Å². The summed E-state index contributed by atoms with van der Waals surface area (Å²) in [6.07, 6.45) is 8.83. The van der Waals surface area contributed by atoms with Gasteiger partial charge in [0.25, 0.3) is 0 Å². The highest BCUT2D eigenvalue weighted by Crippen LogP contribution is 2.32. The molecule has 2 aliphatic rings. The van der Waals surface area contributed by atoms with E-state index in [4.69, 9.17) is 5.73 Å². The number of aromatic nitrogens is 1. The normalized spacial score (nSPS) is 18.3. The molecule has 0 aromatic carbocycles. The second kappa shape index (κ2) is 3.76. The number of pyridine rings is 1. The standard InChI is InChI=1S/C14H20N2/c1-2-16-12-8-4-3-6-10(12)14(15)11-7-5-9-13(11)16/h15H,2-9H2,1H3/p+1. The zero-order valence-electron chi connectivity index (χ0n) is 10.2. The van der Waals surface area contributed by atoms with Gasteiger partial charge in [-0.2, -0.15) is 4.57 Å². The maximum Gasteiger partial charge on any atom is 0.186 e. The largest absolute Gasteiger partial charge is 0.398 e. The lowest BCUT2D eigenvalue weighted by Gasteiger charge is -2.19. The molecule has 0 saturated carbocycles. The van der Waals surface area contributed by atoms with E-state index in [1.54, 1.807) is 11.4 Å². The summed E-state index contributed by atoms with van der Waals surface area (Å²) in [6.45, 7) is 3.38. The van der Waals surface area contributed by atoms with Crippen molar-refractivity contribution in [1.82, 2.24) is 0 Å². The molecule has 86 valence electrons. The summed E-state index contributed by atoms with van der Waals surface area (Å²) in [5.41, 5.74) is 13.6. The van der Waals surface area contributed by atoms with Crippen LogP contribution in [0.15, 0.2) is 0 Å². The molecule has 2 heteroatoms. The fraction of sp³-hybridized carbons (Fsp3) is 0.643. The van der Waals surface area contributed by atoms with Gasteiger partial charge in [0, 0.05) is 24.0 Å². The molecular weight excluding hydrogens is 196 g/mol. The van der Waals surface area contributed by atoms with Gasteiger partial charge in [-0.05, 0) is 39.0 Å². The molecule has 0 bridgehead atoms. The van der Waals surface area contributed by atoms with Gasteiger partial charge in [-0.1, -0.05) is 0 Å². The monoisotopic (exact) mass is 217 g/mol. The summed E-state index contributed by atoms with van der Waals surface area (Å²) < 4.78 is 2.56. The molecular formula is C14H21N2+. The summed E-state index contributed by atoms with van der Waals surface area (Å²) in [5.74, 6) is 0. The summed E-state index contributed by atoms with van der Waals surface area (Å²) >= 11 is 0. The van der Waals surface area contributed by atoms with Gasteiger partial charge in [-0.15, -0.1) is 0 Å². The van der Waals surface area contributed by atoms with Crippen LogP contribution in [-0.4, -0.2) is 0 Å². The molecule has 0 spiro atoms. The third-order valence-electron chi connectivity index (χ3n) is 4.25. The molecule has 2 aliphatic carbocycles. The Balaban J connectivity index is 2.27. The quantitative estimate of drug-likeness (QED) is 0.716. The van der Waals surface area contributed by atoms with E-state index in [9.17, 15) is 0 Å². The zero-order chi connectivity index (χ0) is 11.1. The number of nitrogen functional groups attached to an aromatic ring is 1. The molecule has 1 heterocycles. The SMILES string of the molecule is CC[n+]1c2c(c(N)c3c1CCC3)CCCC2. The first-order valence-corrected chi connectivity index (χ1v) is 6.67. The second-order valence-electron chi connectivity index (χ2n) is 5.07. The van der Waals surface area contributed by atoms with Crippen LogP contribution in [0.25, 0.3) is 0 Å². The summed E-state index contributed by atoms with van der Waals surface area (Å²) in [4.78, 5) is 0. The van der Waals surface area contributed by atoms with Crippen molar-refractivity contribution in [3.8, 4) is 0 Å². The van der Waals surface area contributed by atoms with Gasteiger partial charge in [0.2, 0.25) is 0 Å². The second-order valence-corrected chi connectivity index (χ2v) is 5.07. The van der Waals surface area contributed by atoms with Gasteiger partial charge in [-0.3, -0.25) is 0 Å². The first kappa shape index (κ1) is 10.1. The number of hydrogen-bond donors (Lipinski definition) is 1. The molecule has 3 rings (SSSR count). The number of anilines is 1. The lowest BCUT2D eigenvalue weighted by Crippen LogP contribution is -2.44. The topological polar surface area (TPSA) is 29.9 Å². The summed E-state index contributed by atoms with van der Waals surface area (Å²) in [5, 5.41) is 0. The van der Waals surface area contributed by atoms with Gasteiger partial charge in [0.15, 0.2) is 11.4 Å². The smallest absolute Gasteiger partial charge is 0.186 e. The Kier molecular flexibility index (Phi) is 2.38. The maximum atomic E-state index is 6.37. The van der Waals surface area contributed by atoms with E-state index in [2.05, 4.69) is 11.5 Å². The number of fused-ring (bicyclic) bond motifs is 2. The highest BCUT2D eigenvalue weighted by atomic mass is 15.0. The van der Waals surface area contributed by atoms with Crippen LogP contribution < -0.4 is 10.3 Å². The molecule has 1 aromatic rings. The molecule has 2 nitrogen and oxygen atoms in total. The molecule has 16 heavy (non-hydrogen) atoms. The molecule has 2 N–H and O–H groups in total. The van der Waals surface area contributed by atoms with Crippen molar-refractivity contribution in [1.29, 1.82) is 0 Å². The van der Waals surface area contributed by atoms with Crippen molar-refractivity contribution in [3.05, 3.63) is 22.5 Å². The van der Waals surface area contributed by atoms with Gasteiger partial charge in [0.1, 0.15) is 6.54 Å². The highest BCUT2D eigenvalue weighted by Gasteiger charge is 2.31. The molecule has 0 radical (unpaired) electrons. The molecule has 0 unspecified atom stereocenters. The van der Waals surface area contributed by atoms with Crippen LogP contribution >= 0.6 is 0 Å². The van der Waals surface area contributed by atoms with E-state index >= 15 is 0 Å². The lowest BCUT2D eigenvalue weighted by molar-refractivity contribution is -0.708. The summed E-state index contributed by atoms with van der Waals surface area (Å²) in [7, 11) is 0. The van der Waals surface area contributed by atoms with E-state index in [1.165, 1.54) is 56.1 Å². The fourth-order valence-corrected chi connectivity index (χ4v) is 3.52. The van der Waals surface area contributed by atoms with E-state index in [1.807, 2.05) is 0 Å². The van der Waals surface area contributed by atoms with E-state index in [-0.39, 0.29) is 0 Å². The Morgan fingerprint density at radius 3 is 2.19 bits per heavy atom. The van der Waals surface area contributed by atoms with Crippen LogP contribution in [0.5, 0.6) is 0 Å². The van der Waals surface area contributed by atoms with Crippen molar-refractivity contribution < 1.29 is 4.57 Å². The van der Waals surface area contributed by atoms with Crippen LogP contribution in [0.3, 0.4) is 0 Å². The minimum atomic E-state index is 1.12. The predicted octanol–water partition coefficient (Wildman–Crippen LogP) is 1.94. The molecule has 0 aliphatic heterocycles. The first-order valence-electron chi connectivity index (χ1n) is 6.67. The highest BCUT2D eigenvalue weighted by molar-refractivity contribution is 5.57. The predicted molar refractivity (Wildman–Crippen MR) is 65.4 cm³/mol. The van der Waals surface area contributed by atoms with Crippen molar-refractivity contribution in [3.63, 3.8) is 0 Å². The van der Waals surface area contributed by atoms with Gasteiger partial charge >= 0.3 is 0 Å². The first-order chi connectivity index (χ1) is 7.83. The van der Waals surface area contributed by atoms with Crippen LogP contribution in [0.1, 0.15) is 48.7 Å². The third-order valence-corrected chi connectivity index (χ3v) is 4.25. The van der Waals surface area contributed by atoms with Crippen LogP contribution in [-0.2, 0) is 32.2 Å². The Bertz CT molecular complexity index is 435. The third kappa shape index (κ3) is 1.28. The van der Waals surface area contributed by atoms with Crippen molar-refractivity contribution >= 4 is 5.69 Å². The van der Waals surface area contributed by atoms with Crippen LogP contribution in [0.4, 0.5) is 5.69 Å². The summed E-state index contributed by atoms with van der Waals surface area (Å²) in [6, 6.07) is 0. The van der Waals surface area contributed by atoms with E-state index in [0.717, 1.165) is 12.2 Å². The number of rotatable bonds is 1. The van der Waals surface area contributed by atoms with Crippen LogP contribution in [0.2, 0.25) is 0 Å².